The lowest BCUT2D eigenvalue weighted by molar-refractivity contribution is -0.276. The zero-order valence-electron chi connectivity index (χ0n) is 18.9. The van der Waals surface area contributed by atoms with Crippen LogP contribution in [0, 0.1) is 29.4 Å². The highest BCUT2D eigenvalue weighted by molar-refractivity contribution is 5.33. The van der Waals surface area contributed by atoms with E-state index in [4.69, 9.17) is 0 Å². The Bertz CT molecular complexity index is 718. The summed E-state index contributed by atoms with van der Waals surface area (Å²) in [7, 11) is 0. The highest BCUT2D eigenvalue weighted by atomic mass is 19.4. The van der Waals surface area contributed by atoms with Crippen molar-refractivity contribution < 1.29 is 26.7 Å². The van der Waals surface area contributed by atoms with Crippen LogP contribution in [-0.4, -0.2) is 6.36 Å². The summed E-state index contributed by atoms with van der Waals surface area (Å²) in [5, 5.41) is 0. The summed E-state index contributed by atoms with van der Waals surface area (Å²) in [6.07, 6.45) is 13.4. The number of halogens is 5. The average molecular weight is 459 g/mol. The molecule has 0 radical (unpaired) electrons. The van der Waals surface area contributed by atoms with E-state index in [0.29, 0.717) is 11.5 Å². The van der Waals surface area contributed by atoms with Gasteiger partial charge in [0.2, 0.25) is 5.75 Å². The lowest BCUT2D eigenvalue weighted by atomic mass is 9.77. The van der Waals surface area contributed by atoms with Gasteiger partial charge in [0.25, 0.3) is 0 Å². The molecule has 6 heteroatoms. The Morgan fingerprint density at radius 3 is 2.00 bits per heavy atom. The molecule has 0 unspecified atom stereocenters. The van der Waals surface area contributed by atoms with Crippen LogP contribution in [0.3, 0.4) is 0 Å². The Morgan fingerprint density at radius 2 is 1.44 bits per heavy atom. The molecular formula is C26H35F5O. The molecule has 2 saturated carbocycles. The van der Waals surface area contributed by atoms with Gasteiger partial charge in [-0.3, -0.25) is 0 Å². The number of hydrogen-bond donors (Lipinski definition) is 0. The van der Waals surface area contributed by atoms with Gasteiger partial charge in [-0.2, -0.15) is 0 Å². The van der Waals surface area contributed by atoms with Gasteiger partial charge in [0.1, 0.15) is 0 Å². The lowest BCUT2D eigenvalue weighted by Crippen LogP contribution is -2.19. The van der Waals surface area contributed by atoms with E-state index in [2.05, 4.69) is 23.8 Å². The van der Waals surface area contributed by atoms with Crippen LogP contribution in [0.2, 0.25) is 0 Å². The van der Waals surface area contributed by atoms with Crippen LogP contribution in [0.1, 0.15) is 95.5 Å². The summed E-state index contributed by atoms with van der Waals surface area (Å²) >= 11 is 0. The molecular weight excluding hydrogens is 423 g/mol. The summed E-state index contributed by atoms with van der Waals surface area (Å²) in [5.74, 6) is -1.74. The molecule has 0 saturated heterocycles. The molecule has 2 aliphatic carbocycles. The number of alkyl halides is 3. The largest absolute Gasteiger partial charge is 0.573 e. The molecule has 2 fully saturated rings. The lowest BCUT2D eigenvalue weighted by Gasteiger charge is -2.29. The zero-order valence-corrected chi connectivity index (χ0v) is 18.9. The van der Waals surface area contributed by atoms with Gasteiger partial charge in [-0.25, -0.2) is 8.78 Å². The minimum absolute atomic E-state index is 0.0240. The van der Waals surface area contributed by atoms with Gasteiger partial charge in [0.05, 0.1) is 0 Å². The van der Waals surface area contributed by atoms with E-state index < -0.39 is 23.7 Å². The molecule has 0 bridgehead atoms. The summed E-state index contributed by atoms with van der Waals surface area (Å²) in [5.41, 5.74) is 0.423. The molecule has 0 N–H and O–H groups in total. The van der Waals surface area contributed by atoms with Crippen LogP contribution in [0.25, 0.3) is 0 Å². The van der Waals surface area contributed by atoms with Crippen molar-refractivity contribution in [1.29, 1.82) is 0 Å². The summed E-state index contributed by atoms with van der Waals surface area (Å²) < 4.78 is 68.5. The van der Waals surface area contributed by atoms with Crippen LogP contribution >= 0.6 is 0 Å². The quantitative estimate of drug-likeness (QED) is 0.279. The first-order chi connectivity index (χ1) is 15.2. The number of rotatable bonds is 8. The molecule has 0 aliphatic heterocycles. The van der Waals surface area contributed by atoms with Crippen molar-refractivity contribution in [2.24, 2.45) is 17.8 Å². The fourth-order valence-electron chi connectivity index (χ4n) is 5.51. The maximum atomic E-state index is 14.0. The highest BCUT2D eigenvalue weighted by Gasteiger charge is 2.34. The van der Waals surface area contributed by atoms with Crippen LogP contribution in [0.5, 0.6) is 5.75 Å². The van der Waals surface area contributed by atoms with Crippen molar-refractivity contribution >= 4 is 0 Å². The topological polar surface area (TPSA) is 9.23 Å². The van der Waals surface area contributed by atoms with Gasteiger partial charge >= 0.3 is 6.36 Å². The standard InChI is InChI=1S/C26H35F5O/c1-2-5-18-8-10-19(11-9-18)6-3-4-7-20-12-14-21(15-13-20)22-16-23(27)25(24(28)17-22)32-26(29,30)31/h3,6,16-21H,2,4-5,7-15H2,1H3/b6-3+. The number of ether oxygens (including phenoxy) is 1. The van der Waals surface area contributed by atoms with E-state index in [0.717, 1.165) is 62.5 Å². The van der Waals surface area contributed by atoms with Crippen molar-refractivity contribution in [2.75, 3.05) is 0 Å². The highest BCUT2D eigenvalue weighted by Crippen LogP contribution is 2.40. The van der Waals surface area contributed by atoms with Gasteiger partial charge in [0, 0.05) is 0 Å². The van der Waals surface area contributed by atoms with Gasteiger partial charge in [-0.1, -0.05) is 31.9 Å². The Morgan fingerprint density at radius 1 is 0.875 bits per heavy atom. The van der Waals surface area contributed by atoms with Crippen molar-refractivity contribution in [3.8, 4) is 5.75 Å². The fourth-order valence-corrected chi connectivity index (χ4v) is 5.51. The molecule has 1 nitrogen and oxygen atoms in total. The summed E-state index contributed by atoms with van der Waals surface area (Å²) in [6, 6.07) is 1.99. The van der Waals surface area contributed by atoms with E-state index in [-0.39, 0.29) is 5.92 Å². The molecule has 0 heterocycles. The second kappa shape index (κ2) is 11.5. The van der Waals surface area contributed by atoms with E-state index in [1.807, 2.05) is 0 Å². The molecule has 0 aromatic heterocycles. The SMILES string of the molecule is CCCC1CCC(/C=C/CCC2CCC(c3cc(F)c(OC(F)(F)F)c(F)c3)CC2)CC1. The van der Waals surface area contributed by atoms with Crippen molar-refractivity contribution in [1.82, 2.24) is 0 Å². The van der Waals surface area contributed by atoms with Crippen LogP contribution in [0.15, 0.2) is 24.3 Å². The molecule has 3 rings (SSSR count). The number of hydrogen-bond acceptors (Lipinski definition) is 1. The normalized spacial score (nSPS) is 27.1. The Balaban J connectivity index is 1.41. The maximum absolute atomic E-state index is 14.0. The zero-order chi connectivity index (χ0) is 23.1. The van der Waals surface area contributed by atoms with Crippen LogP contribution in [-0.2, 0) is 0 Å². The Hall–Kier alpha value is -1.59. The molecule has 180 valence electrons. The third-order valence-electron chi connectivity index (χ3n) is 7.29. The van der Waals surface area contributed by atoms with Crippen molar-refractivity contribution in [3.05, 3.63) is 41.5 Å². The first-order valence-electron chi connectivity index (χ1n) is 12.2. The minimum atomic E-state index is -5.12. The van der Waals surface area contributed by atoms with E-state index in [9.17, 15) is 22.0 Å². The number of allylic oxidation sites excluding steroid dienone is 2. The average Bonchev–Trinajstić information content (AvgIpc) is 2.75. The van der Waals surface area contributed by atoms with Gasteiger partial charge in [0.15, 0.2) is 11.6 Å². The van der Waals surface area contributed by atoms with Crippen molar-refractivity contribution in [2.45, 2.75) is 96.3 Å². The van der Waals surface area contributed by atoms with Crippen molar-refractivity contribution in [3.63, 3.8) is 0 Å². The molecule has 1 aromatic carbocycles. The molecule has 32 heavy (non-hydrogen) atoms. The van der Waals surface area contributed by atoms with Crippen LogP contribution in [0.4, 0.5) is 22.0 Å². The Kier molecular flexibility index (Phi) is 9.01. The second-order valence-corrected chi connectivity index (χ2v) is 9.65. The van der Waals surface area contributed by atoms with Gasteiger partial charge in [-0.15, -0.1) is 13.2 Å². The molecule has 1 aromatic rings. The predicted molar refractivity (Wildman–Crippen MR) is 116 cm³/mol. The van der Waals surface area contributed by atoms with Gasteiger partial charge < -0.3 is 4.74 Å². The monoisotopic (exact) mass is 458 g/mol. The fraction of sp³-hybridized carbons (Fsp3) is 0.692. The third-order valence-corrected chi connectivity index (χ3v) is 7.29. The first-order valence-corrected chi connectivity index (χ1v) is 12.2. The molecule has 0 spiro atoms. The molecule has 2 aliphatic rings. The van der Waals surface area contributed by atoms with Crippen LogP contribution < -0.4 is 4.74 Å². The molecule has 0 amide bonds. The molecule has 0 atom stereocenters. The maximum Gasteiger partial charge on any atom is 0.573 e. The van der Waals surface area contributed by atoms with E-state index >= 15 is 0 Å². The summed E-state index contributed by atoms with van der Waals surface area (Å²) in [4.78, 5) is 0. The predicted octanol–water partition coefficient (Wildman–Crippen LogP) is 9.08. The minimum Gasteiger partial charge on any atom is -0.399 e. The number of benzene rings is 1. The Labute approximate surface area is 188 Å². The van der Waals surface area contributed by atoms with E-state index in [1.165, 1.54) is 38.5 Å². The first kappa shape index (κ1) is 25.0. The summed E-state index contributed by atoms with van der Waals surface area (Å²) in [6.45, 7) is 2.26. The van der Waals surface area contributed by atoms with E-state index in [1.54, 1.807) is 0 Å². The second-order valence-electron chi connectivity index (χ2n) is 9.65. The van der Waals surface area contributed by atoms with Gasteiger partial charge in [-0.05, 0) is 106 Å². The smallest absolute Gasteiger partial charge is 0.399 e. The third kappa shape index (κ3) is 7.48.